The zero-order valence-electron chi connectivity index (χ0n) is 11.9. The fourth-order valence-electron chi connectivity index (χ4n) is 2.15. The summed E-state index contributed by atoms with van der Waals surface area (Å²) in [5.74, 6) is 0.428. The van der Waals surface area contributed by atoms with Crippen molar-refractivity contribution in [1.82, 2.24) is 10.2 Å². The van der Waals surface area contributed by atoms with Crippen molar-refractivity contribution in [1.29, 1.82) is 0 Å². The molecule has 1 N–H and O–H groups in total. The highest BCUT2D eigenvalue weighted by atomic mass is 16.6. The van der Waals surface area contributed by atoms with Crippen molar-refractivity contribution in [3.8, 4) is 0 Å². The minimum absolute atomic E-state index is 0.186. The zero-order valence-corrected chi connectivity index (χ0v) is 11.9. The minimum atomic E-state index is -0.427. The van der Waals surface area contributed by atoms with Crippen LogP contribution in [0.1, 0.15) is 41.5 Å². The lowest BCUT2D eigenvalue weighted by molar-refractivity contribution is -0.00621. The Morgan fingerprint density at radius 1 is 1.35 bits per heavy atom. The molecule has 0 spiro atoms. The number of rotatable bonds is 1. The summed E-state index contributed by atoms with van der Waals surface area (Å²) >= 11 is 0. The molecule has 4 nitrogen and oxygen atoms in total. The summed E-state index contributed by atoms with van der Waals surface area (Å²) in [6.45, 7) is 13.7. The Labute approximate surface area is 105 Å². The van der Waals surface area contributed by atoms with Gasteiger partial charge in [0.25, 0.3) is 0 Å². The van der Waals surface area contributed by atoms with E-state index in [1.54, 1.807) is 0 Å². The number of nitrogens with zero attached hydrogens (tertiary/aromatic N) is 1. The first-order valence-corrected chi connectivity index (χ1v) is 6.44. The number of hydrogen-bond donors (Lipinski definition) is 1. The summed E-state index contributed by atoms with van der Waals surface area (Å²) in [7, 11) is 0. The van der Waals surface area contributed by atoms with Crippen LogP contribution in [0, 0.1) is 5.92 Å². The lowest BCUT2D eigenvalue weighted by Crippen LogP contribution is -2.60. The van der Waals surface area contributed by atoms with Crippen LogP contribution >= 0.6 is 0 Å². The predicted octanol–water partition coefficient (Wildman–Crippen LogP) is 2.24. The first-order chi connectivity index (χ1) is 7.72. The van der Waals surface area contributed by atoms with Gasteiger partial charge in [-0.05, 0) is 33.6 Å². The summed E-state index contributed by atoms with van der Waals surface area (Å²) in [6.07, 6.45) is -0.190. The van der Waals surface area contributed by atoms with Gasteiger partial charge in [0.2, 0.25) is 0 Å². The zero-order chi connectivity index (χ0) is 13.2. The first kappa shape index (κ1) is 14.3. The minimum Gasteiger partial charge on any atom is -0.444 e. The van der Waals surface area contributed by atoms with Gasteiger partial charge in [-0.1, -0.05) is 13.8 Å². The van der Waals surface area contributed by atoms with Crippen LogP contribution in [0.4, 0.5) is 4.79 Å². The van der Waals surface area contributed by atoms with Gasteiger partial charge in [0.05, 0.1) is 6.04 Å². The highest BCUT2D eigenvalue weighted by molar-refractivity contribution is 5.69. The second kappa shape index (κ2) is 5.25. The maximum Gasteiger partial charge on any atom is 0.410 e. The van der Waals surface area contributed by atoms with Gasteiger partial charge in [0.1, 0.15) is 5.60 Å². The number of amides is 1. The molecule has 1 fully saturated rings. The van der Waals surface area contributed by atoms with E-state index in [4.69, 9.17) is 4.74 Å². The molecular formula is C13H26N2O2. The number of carbonyl (C=O) groups excluding carboxylic acids is 1. The lowest BCUT2D eigenvalue weighted by atomic mass is 9.98. The van der Waals surface area contributed by atoms with Crippen LogP contribution in [-0.2, 0) is 4.74 Å². The molecule has 1 aliphatic heterocycles. The van der Waals surface area contributed by atoms with Crippen LogP contribution in [0.3, 0.4) is 0 Å². The molecule has 0 saturated carbocycles. The van der Waals surface area contributed by atoms with Gasteiger partial charge in [-0.15, -0.1) is 0 Å². The maximum atomic E-state index is 12.2. The summed E-state index contributed by atoms with van der Waals surface area (Å²) in [6, 6.07) is 0.402. The molecule has 1 aliphatic rings. The van der Waals surface area contributed by atoms with Gasteiger partial charge in [0.15, 0.2) is 0 Å². The van der Waals surface area contributed by atoms with Crippen molar-refractivity contribution >= 4 is 6.09 Å². The topological polar surface area (TPSA) is 41.6 Å². The van der Waals surface area contributed by atoms with Gasteiger partial charge < -0.3 is 10.1 Å². The Balaban J connectivity index is 2.78. The average molecular weight is 242 g/mol. The van der Waals surface area contributed by atoms with Crippen molar-refractivity contribution in [2.75, 3.05) is 13.1 Å². The van der Waals surface area contributed by atoms with Crippen molar-refractivity contribution in [2.45, 2.75) is 59.2 Å². The molecule has 17 heavy (non-hydrogen) atoms. The Morgan fingerprint density at radius 2 is 1.94 bits per heavy atom. The smallest absolute Gasteiger partial charge is 0.410 e. The van der Waals surface area contributed by atoms with Crippen LogP contribution in [0.25, 0.3) is 0 Å². The molecule has 0 aromatic heterocycles. The summed E-state index contributed by atoms with van der Waals surface area (Å²) in [5.41, 5.74) is -0.427. The highest BCUT2D eigenvalue weighted by Crippen LogP contribution is 2.20. The van der Waals surface area contributed by atoms with Crippen LogP contribution in [0.15, 0.2) is 0 Å². The number of carbonyl (C=O) groups is 1. The highest BCUT2D eigenvalue weighted by Gasteiger charge is 2.35. The second-order valence-corrected chi connectivity index (χ2v) is 6.21. The number of nitrogens with one attached hydrogen (secondary N) is 1. The van der Waals surface area contributed by atoms with Gasteiger partial charge in [-0.2, -0.15) is 0 Å². The molecule has 4 heteroatoms. The van der Waals surface area contributed by atoms with E-state index in [0.29, 0.717) is 5.92 Å². The molecule has 1 rings (SSSR count). The van der Waals surface area contributed by atoms with Gasteiger partial charge in [0, 0.05) is 19.1 Å². The number of hydrogen-bond acceptors (Lipinski definition) is 3. The molecule has 1 amide bonds. The van der Waals surface area contributed by atoms with E-state index >= 15 is 0 Å². The number of ether oxygens (including phenoxy) is 1. The summed E-state index contributed by atoms with van der Waals surface area (Å²) in [5, 5.41) is 3.36. The third kappa shape index (κ3) is 3.87. The fourth-order valence-corrected chi connectivity index (χ4v) is 2.15. The van der Waals surface area contributed by atoms with Gasteiger partial charge in [-0.3, -0.25) is 4.90 Å². The summed E-state index contributed by atoms with van der Waals surface area (Å²) < 4.78 is 5.49. The molecule has 0 radical (unpaired) electrons. The molecule has 0 bridgehead atoms. The molecular weight excluding hydrogens is 216 g/mol. The molecule has 0 aliphatic carbocycles. The average Bonchev–Trinajstić information content (AvgIpc) is 2.13. The standard InChI is InChI=1S/C13H26N2O2/c1-9(2)11-8-14-7-10(3)15(11)12(16)17-13(4,5)6/h9-11,14H,7-8H2,1-6H3/t10?,11-/m0/s1. The Kier molecular flexibility index (Phi) is 4.42. The monoisotopic (exact) mass is 242 g/mol. The fraction of sp³-hybridized carbons (Fsp3) is 0.923. The van der Waals surface area contributed by atoms with Crippen molar-refractivity contribution in [3.63, 3.8) is 0 Å². The maximum absolute atomic E-state index is 12.2. The summed E-state index contributed by atoms with van der Waals surface area (Å²) in [4.78, 5) is 14.1. The van der Waals surface area contributed by atoms with Gasteiger partial charge >= 0.3 is 6.09 Å². The quantitative estimate of drug-likeness (QED) is 0.766. The normalized spacial score (nSPS) is 26.2. The van der Waals surface area contributed by atoms with E-state index in [9.17, 15) is 4.79 Å². The second-order valence-electron chi connectivity index (χ2n) is 6.21. The van der Waals surface area contributed by atoms with Crippen molar-refractivity contribution in [3.05, 3.63) is 0 Å². The molecule has 2 atom stereocenters. The Bertz CT molecular complexity index is 271. The Morgan fingerprint density at radius 3 is 2.41 bits per heavy atom. The molecule has 1 heterocycles. The van der Waals surface area contributed by atoms with E-state index in [1.165, 1.54) is 0 Å². The van der Waals surface area contributed by atoms with Crippen LogP contribution in [0.2, 0.25) is 0 Å². The molecule has 0 aromatic carbocycles. The van der Waals surface area contributed by atoms with Crippen molar-refractivity contribution in [2.24, 2.45) is 5.92 Å². The first-order valence-electron chi connectivity index (χ1n) is 6.44. The third-order valence-electron chi connectivity index (χ3n) is 3.00. The molecule has 100 valence electrons. The number of piperazine rings is 1. The van der Waals surface area contributed by atoms with Crippen LogP contribution in [0.5, 0.6) is 0 Å². The third-order valence-corrected chi connectivity index (χ3v) is 3.00. The van der Waals surface area contributed by atoms with Gasteiger partial charge in [-0.25, -0.2) is 4.79 Å². The lowest BCUT2D eigenvalue weighted by Gasteiger charge is -2.43. The predicted molar refractivity (Wildman–Crippen MR) is 69.0 cm³/mol. The van der Waals surface area contributed by atoms with E-state index in [1.807, 2.05) is 25.7 Å². The van der Waals surface area contributed by atoms with Crippen molar-refractivity contribution < 1.29 is 9.53 Å². The van der Waals surface area contributed by atoms with E-state index in [-0.39, 0.29) is 18.2 Å². The SMILES string of the molecule is CC(C)[C@@H]1CNCC(C)N1C(=O)OC(C)(C)C. The van der Waals surface area contributed by atoms with E-state index in [0.717, 1.165) is 13.1 Å². The molecule has 0 aromatic rings. The van der Waals surface area contributed by atoms with Crippen LogP contribution < -0.4 is 5.32 Å². The molecule has 1 unspecified atom stereocenters. The largest absolute Gasteiger partial charge is 0.444 e. The Hall–Kier alpha value is -0.770. The van der Waals surface area contributed by atoms with Crippen LogP contribution in [-0.4, -0.2) is 41.8 Å². The van der Waals surface area contributed by atoms with E-state index < -0.39 is 5.60 Å². The van der Waals surface area contributed by atoms with E-state index in [2.05, 4.69) is 26.1 Å². The molecule has 1 saturated heterocycles.